The second-order valence-electron chi connectivity index (χ2n) is 10.0. The summed E-state index contributed by atoms with van der Waals surface area (Å²) in [5.41, 5.74) is 3.08. The SMILES string of the molecule is CC(=O)Nc1ccc(NC(=O)[C@H](Cc2ccccc2)NC(=O)N2C[C@@H]3C[C@@H](C2)c2cccc(=O)n2C3)cc1. The minimum Gasteiger partial charge on any atom is -0.326 e. The molecule has 2 aromatic carbocycles. The summed E-state index contributed by atoms with van der Waals surface area (Å²) in [5, 5.41) is 8.55. The van der Waals surface area contributed by atoms with E-state index in [9.17, 15) is 19.2 Å². The van der Waals surface area contributed by atoms with Crippen LogP contribution in [0.3, 0.4) is 0 Å². The van der Waals surface area contributed by atoms with Crippen molar-refractivity contribution in [3.63, 3.8) is 0 Å². The van der Waals surface area contributed by atoms with Crippen LogP contribution in [0, 0.1) is 5.92 Å². The zero-order chi connectivity index (χ0) is 26.6. The maximum Gasteiger partial charge on any atom is 0.318 e. The lowest BCUT2D eigenvalue weighted by Gasteiger charge is -2.43. The molecule has 3 heterocycles. The lowest BCUT2D eigenvalue weighted by atomic mass is 9.83. The van der Waals surface area contributed by atoms with Crippen molar-refractivity contribution >= 4 is 29.2 Å². The maximum atomic E-state index is 13.4. The average Bonchev–Trinajstić information content (AvgIpc) is 2.90. The first-order valence-electron chi connectivity index (χ1n) is 12.8. The number of hydrogen-bond acceptors (Lipinski definition) is 4. The Bertz CT molecular complexity index is 1390. The van der Waals surface area contributed by atoms with E-state index in [1.54, 1.807) is 41.3 Å². The molecule has 3 aromatic rings. The largest absolute Gasteiger partial charge is 0.326 e. The zero-order valence-electron chi connectivity index (χ0n) is 21.2. The predicted octanol–water partition coefficient (Wildman–Crippen LogP) is 3.19. The number of aromatic nitrogens is 1. The molecule has 9 heteroatoms. The van der Waals surface area contributed by atoms with Gasteiger partial charge in [0, 0.05) is 62.0 Å². The Balaban J connectivity index is 1.30. The van der Waals surface area contributed by atoms with E-state index in [1.807, 2.05) is 41.0 Å². The minimum absolute atomic E-state index is 0.000180. The number of carbonyl (C=O) groups excluding carboxylic acids is 3. The standard InChI is InChI=1S/C29H31N5O4/c1-19(35)30-23-10-12-24(13-11-23)31-28(37)25(15-20-6-3-2-4-7-20)32-29(38)33-16-21-14-22(18-33)26-8-5-9-27(36)34(26)17-21/h2-13,21-22,25H,14-18H2,1H3,(H,30,35)(H,31,37)(H,32,38)/t21-,22-,25-/m0/s1. The number of likely N-dealkylation sites (tertiary alicyclic amines) is 1. The molecule has 2 bridgehead atoms. The van der Waals surface area contributed by atoms with Gasteiger partial charge in [0.05, 0.1) is 0 Å². The molecule has 0 aliphatic carbocycles. The monoisotopic (exact) mass is 513 g/mol. The quantitative estimate of drug-likeness (QED) is 0.470. The number of urea groups is 1. The molecule has 1 aromatic heterocycles. The lowest BCUT2D eigenvalue weighted by Crippen LogP contribution is -2.55. The van der Waals surface area contributed by atoms with Gasteiger partial charge in [-0.2, -0.15) is 0 Å². The van der Waals surface area contributed by atoms with E-state index in [2.05, 4.69) is 16.0 Å². The molecule has 0 unspecified atom stereocenters. The normalized spacial score (nSPS) is 18.6. The Morgan fingerprint density at radius 1 is 0.868 bits per heavy atom. The highest BCUT2D eigenvalue weighted by Gasteiger charge is 2.37. The maximum absolute atomic E-state index is 13.4. The summed E-state index contributed by atoms with van der Waals surface area (Å²) in [4.78, 5) is 52.2. The second kappa shape index (κ2) is 10.9. The molecule has 0 radical (unpaired) electrons. The van der Waals surface area contributed by atoms with Gasteiger partial charge in [-0.25, -0.2) is 4.79 Å². The molecule has 38 heavy (non-hydrogen) atoms. The number of rotatable bonds is 6. The van der Waals surface area contributed by atoms with Crippen LogP contribution in [0.25, 0.3) is 0 Å². The number of piperidine rings is 1. The first-order chi connectivity index (χ1) is 18.4. The number of benzene rings is 2. The molecule has 9 nitrogen and oxygen atoms in total. The topological polar surface area (TPSA) is 113 Å². The van der Waals surface area contributed by atoms with Gasteiger partial charge in [0.2, 0.25) is 11.8 Å². The third kappa shape index (κ3) is 5.77. The van der Waals surface area contributed by atoms with Gasteiger partial charge in [-0.1, -0.05) is 36.4 Å². The number of fused-ring (bicyclic) bond motifs is 4. The molecule has 5 rings (SSSR count). The lowest BCUT2D eigenvalue weighted by molar-refractivity contribution is -0.118. The molecule has 2 aliphatic heterocycles. The predicted molar refractivity (Wildman–Crippen MR) is 145 cm³/mol. The van der Waals surface area contributed by atoms with Crippen molar-refractivity contribution in [1.29, 1.82) is 0 Å². The van der Waals surface area contributed by atoms with Crippen molar-refractivity contribution in [3.05, 3.63) is 94.4 Å². The van der Waals surface area contributed by atoms with E-state index in [1.165, 1.54) is 6.92 Å². The van der Waals surface area contributed by atoms with Crippen LogP contribution in [-0.4, -0.2) is 46.4 Å². The highest BCUT2D eigenvalue weighted by atomic mass is 16.2. The molecule has 2 aliphatic rings. The van der Waals surface area contributed by atoms with Gasteiger partial charge in [-0.05, 0) is 48.2 Å². The smallest absolute Gasteiger partial charge is 0.318 e. The van der Waals surface area contributed by atoms with Crippen LogP contribution in [0.4, 0.5) is 16.2 Å². The molecule has 3 N–H and O–H groups in total. The molecular weight excluding hydrogens is 482 g/mol. The molecule has 0 spiro atoms. The van der Waals surface area contributed by atoms with E-state index in [4.69, 9.17) is 0 Å². The number of anilines is 2. The highest BCUT2D eigenvalue weighted by molar-refractivity contribution is 5.97. The first kappa shape index (κ1) is 25.3. The van der Waals surface area contributed by atoms with Gasteiger partial charge in [-0.15, -0.1) is 0 Å². The van der Waals surface area contributed by atoms with Gasteiger partial charge >= 0.3 is 6.03 Å². The van der Waals surface area contributed by atoms with Crippen LogP contribution in [-0.2, 0) is 22.6 Å². The molecule has 3 atom stereocenters. The van der Waals surface area contributed by atoms with Gasteiger partial charge in [-0.3, -0.25) is 14.4 Å². The van der Waals surface area contributed by atoms with Crippen molar-refractivity contribution in [2.75, 3.05) is 23.7 Å². The summed E-state index contributed by atoms with van der Waals surface area (Å²) in [6, 6.07) is 20.6. The van der Waals surface area contributed by atoms with Crippen molar-refractivity contribution in [1.82, 2.24) is 14.8 Å². The number of pyridine rings is 1. The van der Waals surface area contributed by atoms with E-state index >= 15 is 0 Å². The van der Waals surface area contributed by atoms with Crippen molar-refractivity contribution in [3.8, 4) is 0 Å². The Morgan fingerprint density at radius 3 is 2.29 bits per heavy atom. The van der Waals surface area contributed by atoms with E-state index in [0.29, 0.717) is 37.4 Å². The third-order valence-corrected chi connectivity index (χ3v) is 7.14. The molecule has 196 valence electrons. The highest BCUT2D eigenvalue weighted by Crippen LogP contribution is 2.35. The van der Waals surface area contributed by atoms with Crippen LogP contribution in [0.15, 0.2) is 77.6 Å². The second-order valence-corrected chi connectivity index (χ2v) is 10.0. The van der Waals surface area contributed by atoms with Crippen LogP contribution < -0.4 is 21.5 Å². The van der Waals surface area contributed by atoms with Crippen molar-refractivity contribution in [2.24, 2.45) is 5.92 Å². The van der Waals surface area contributed by atoms with E-state index in [0.717, 1.165) is 17.7 Å². The van der Waals surface area contributed by atoms with Crippen LogP contribution >= 0.6 is 0 Å². The summed E-state index contributed by atoms with van der Waals surface area (Å²) >= 11 is 0. The third-order valence-electron chi connectivity index (χ3n) is 7.14. The van der Waals surface area contributed by atoms with Crippen LogP contribution in [0.2, 0.25) is 0 Å². The Hall–Kier alpha value is -4.40. The Labute approximate surface area is 220 Å². The summed E-state index contributed by atoms with van der Waals surface area (Å²) < 4.78 is 1.83. The fraction of sp³-hybridized carbons (Fsp3) is 0.310. The van der Waals surface area contributed by atoms with E-state index in [-0.39, 0.29) is 35.2 Å². The van der Waals surface area contributed by atoms with Crippen LogP contribution in [0.5, 0.6) is 0 Å². The van der Waals surface area contributed by atoms with Gasteiger partial charge < -0.3 is 25.4 Å². The van der Waals surface area contributed by atoms with E-state index < -0.39 is 6.04 Å². The molecule has 1 saturated heterocycles. The van der Waals surface area contributed by atoms with Gasteiger partial charge in [0.1, 0.15) is 6.04 Å². The van der Waals surface area contributed by atoms with Crippen LogP contribution in [0.1, 0.15) is 30.5 Å². The number of nitrogens with zero attached hydrogens (tertiary/aromatic N) is 2. The summed E-state index contributed by atoms with van der Waals surface area (Å²) in [6.45, 7) is 3.06. The molecular formula is C29H31N5O4. The number of carbonyl (C=O) groups is 3. The average molecular weight is 514 g/mol. The summed E-state index contributed by atoms with van der Waals surface area (Å²) in [7, 11) is 0. The zero-order valence-corrected chi connectivity index (χ0v) is 21.2. The summed E-state index contributed by atoms with van der Waals surface area (Å²) in [6.07, 6.45) is 1.27. The number of hydrogen-bond donors (Lipinski definition) is 3. The Kier molecular flexibility index (Phi) is 7.26. The van der Waals surface area contributed by atoms with Gasteiger partial charge in [0.15, 0.2) is 0 Å². The van der Waals surface area contributed by atoms with Gasteiger partial charge in [0.25, 0.3) is 5.56 Å². The fourth-order valence-electron chi connectivity index (χ4n) is 5.43. The fourth-order valence-corrected chi connectivity index (χ4v) is 5.43. The molecule has 0 saturated carbocycles. The summed E-state index contributed by atoms with van der Waals surface area (Å²) in [5.74, 6) is -0.227. The van der Waals surface area contributed by atoms with Crippen molar-refractivity contribution < 1.29 is 14.4 Å². The Morgan fingerprint density at radius 2 is 1.58 bits per heavy atom. The molecule has 4 amide bonds. The number of amides is 4. The van der Waals surface area contributed by atoms with Crippen molar-refractivity contribution in [2.45, 2.75) is 38.3 Å². The first-order valence-corrected chi connectivity index (χ1v) is 12.8. The number of nitrogens with one attached hydrogen (secondary N) is 3. The molecule has 1 fully saturated rings. The minimum atomic E-state index is -0.795.